The number of nitrogens with one attached hydrogen (secondary N) is 2. The molecule has 1 aromatic carbocycles. The first kappa shape index (κ1) is 21.9. The Morgan fingerprint density at radius 2 is 2.07 bits per heavy atom. The molecule has 1 atom stereocenters. The summed E-state index contributed by atoms with van der Waals surface area (Å²) in [5.74, 6) is 1.97. The Morgan fingerprint density at radius 3 is 2.74 bits per heavy atom. The molecule has 1 saturated heterocycles. The van der Waals surface area contributed by atoms with Crippen molar-refractivity contribution in [1.82, 2.24) is 15.6 Å². The van der Waals surface area contributed by atoms with Gasteiger partial charge in [0.1, 0.15) is 5.01 Å². The minimum absolute atomic E-state index is 0. The van der Waals surface area contributed by atoms with Gasteiger partial charge < -0.3 is 15.5 Å². The minimum Gasteiger partial charge on any atom is -0.371 e. The molecule has 0 bridgehead atoms. The summed E-state index contributed by atoms with van der Waals surface area (Å²) in [6.07, 6.45) is 1.21. The van der Waals surface area contributed by atoms with Crippen molar-refractivity contribution in [3.63, 3.8) is 0 Å². The molecule has 1 aliphatic rings. The van der Waals surface area contributed by atoms with Gasteiger partial charge in [0.2, 0.25) is 0 Å². The van der Waals surface area contributed by atoms with E-state index in [-0.39, 0.29) is 24.0 Å². The van der Waals surface area contributed by atoms with Crippen LogP contribution in [-0.2, 0) is 6.54 Å². The van der Waals surface area contributed by atoms with E-state index in [1.165, 1.54) is 17.8 Å². The average molecular weight is 499 g/mol. The monoisotopic (exact) mass is 499 g/mol. The van der Waals surface area contributed by atoms with E-state index >= 15 is 0 Å². The Labute approximate surface area is 183 Å². The number of hydrogen-bond donors (Lipinski definition) is 2. The van der Waals surface area contributed by atoms with Gasteiger partial charge in [-0.1, -0.05) is 32.0 Å². The number of halogens is 1. The number of hydrogen-bond acceptors (Lipinski definition) is 4. The number of anilines is 1. The molecule has 0 saturated carbocycles. The molecule has 2 heterocycles. The number of nitrogens with zero attached hydrogens (tertiary/aromatic N) is 3. The topological polar surface area (TPSA) is 52.6 Å². The molecule has 0 spiro atoms. The standard InChI is InChI=1S/C20H29N5S.HI/c1-15(2)18-14-26-19(24-18)12-23-20(21-3)22-11-16-9-10-25(13-16)17-7-5-4-6-8-17;/h4-8,14-16H,9-13H2,1-3H3,(H2,21,22,23);1H. The zero-order valence-electron chi connectivity index (χ0n) is 16.3. The van der Waals surface area contributed by atoms with Crippen molar-refractivity contribution >= 4 is 47.0 Å². The summed E-state index contributed by atoms with van der Waals surface area (Å²) in [7, 11) is 1.82. The summed E-state index contributed by atoms with van der Waals surface area (Å²) >= 11 is 1.71. The zero-order valence-corrected chi connectivity index (χ0v) is 19.5. The normalized spacial score (nSPS) is 17.1. The average Bonchev–Trinajstić information content (AvgIpc) is 3.32. The van der Waals surface area contributed by atoms with Crippen molar-refractivity contribution in [3.8, 4) is 0 Å². The van der Waals surface area contributed by atoms with Gasteiger partial charge in [0.25, 0.3) is 0 Å². The molecule has 2 aromatic rings. The van der Waals surface area contributed by atoms with Crippen molar-refractivity contribution in [2.75, 3.05) is 31.6 Å². The van der Waals surface area contributed by atoms with Crippen LogP contribution in [0.2, 0.25) is 0 Å². The molecule has 27 heavy (non-hydrogen) atoms. The lowest BCUT2D eigenvalue weighted by Gasteiger charge is -2.19. The first-order chi connectivity index (χ1) is 12.7. The van der Waals surface area contributed by atoms with Crippen LogP contribution in [0.4, 0.5) is 5.69 Å². The summed E-state index contributed by atoms with van der Waals surface area (Å²) in [5, 5.41) is 10.1. The first-order valence-corrected chi connectivity index (χ1v) is 10.2. The van der Waals surface area contributed by atoms with Gasteiger partial charge in [-0.3, -0.25) is 4.99 Å². The Hall–Kier alpha value is -1.35. The maximum Gasteiger partial charge on any atom is 0.191 e. The fourth-order valence-corrected chi connectivity index (χ4v) is 4.06. The number of aliphatic imine (C=N–C) groups is 1. The highest BCUT2D eigenvalue weighted by Gasteiger charge is 2.22. The Balaban J connectivity index is 0.00000261. The number of guanidine groups is 1. The van der Waals surface area contributed by atoms with Crippen molar-refractivity contribution in [2.45, 2.75) is 32.7 Å². The number of rotatable bonds is 6. The molecular weight excluding hydrogens is 469 g/mol. The third kappa shape index (κ3) is 6.34. The van der Waals surface area contributed by atoms with Gasteiger partial charge in [-0.25, -0.2) is 4.98 Å². The fraction of sp³-hybridized carbons (Fsp3) is 0.500. The first-order valence-electron chi connectivity index (χ1n) is 9.34. The third-order valence-electron chi connectivity index (χ3n) is 4.76. The SMILES string of the molecule is CN=C(NCc1nc(C(C)C)cs1)NCC1CCN(c2ccccc2)C1.I. The number of para-hydroxylation sites is 1. The van der Waals surface area contributed by atoms with Gasteiger partial charge in [-0.15, -0.1) is 35.3 Å². The van der Waals surface area contributed by atoms with Crippen LogP contribution in [0, 0.1) is 5.92 Å². The Kier molecular flexibility index (Phi) is 8.82. The molecule has 148 valence electrons. The van der Waals surface area contributed by atoms with Crippen LogP contribution in [0.25, 0.3) is 0 Å². The Morgan fingerprint density at radius 1 is 1.30 bits per heavy atom. The summed E-state index contributed by atoms with van der Waals surface area (Å²) < 4.78 is 0. The molecule has 0 amide bonds. The second-order valence-corrected chi connectivity index (χ2v) is 8.01. The van der Waals surface area contributed by atoms with Crippen LogP contribution in [0.15, 0.2) is 40.7 Å². The molecule has 2 N–H and O–H groups in total. The van der Waals surface area contributed by atoms with Crippen LogP contribution in [-0.4, -0.2) is 37.6 Å². The quantitative estimate of drug-likeness (QED) is 0.358. The van der Waals surface area contributed by atoms with Gasteiger partial charge in [-0.05, 0) is 30.4 Å². The molecule has 0 radical (unpaired) electrons. The molecule has 7 heteroatoms. The highest BCUT2D eigenvalue weighted by molar-refractivity contribution is 14.0. The van der Waals surface area contributed by atoms with Crippen LogP contribution < -0.4 is 15.5 Å². The van der Waals surface area contributed by atoms with Crippen LogP contribution in [0.5, 0.6) is 0 Å². The van der Waals surface area contributed by atoms with Gasteiger partial charge >= 0.3 is 0 Å². The van der Waals surface area contributed by atoms with Crippen molar-refractivity contribution < 1.29 is 0 Å². The van der Waals surface area contributed by atoms with Gasteiger partial charge in [-0.2, -0.15) is 0 Å². The number of aromatic nitrogens is 1. The number of thiazole rings is 1. The molecule has 1 unspecified atom stereocenters. The molecule has 5 nitrogen and oxygen atoms in total. The molecule has 3 rings (SSSR count). The van der Waals surface area contributed by atoms with Gasteiger partial charge in [0, 0.05) is 37.7 Å². The summed E-state index contributed by atoms with van der Waals surface area (Å²) in [5.41, 5.74) is 2.49. The predicted octanol–water partition coefficient (Wildman–Crippen LogP) is 4.08. The summed E-state index contributed by atoms with van der Waals surface area (Å²) in [4.78, 5) is 11.5. The fourth-order valence-electron chi connectivity index (χ4n) is 3.17. The summed E-state index contributed by atoms with van der Waals surface area (Å²) in [6.45, 7) is 8.23. The second kappa shape index (κ2) is 10.8. The van der Waals surface area contributed by atoms with Crippen molar-refractivity contribution in [1.29, 1.82) is 0 Å². The molecule has 1 aromatic heterocycles. The highest BCUT2D eigenvalue weighted by Crippen LogP contribution is 2.23. The third-order valence-corrected chi connectivity index (χ3v) is 5.62. The summed E-state index contributed by atoms with van der Waals surface area (Å²) in [6, 6.07) is 10.7. The van der Waals surface area contributed by atoms with Crippen LogP contribution in [0.1, 0.15) is 36.9 Å². The molecule has 1 fully saturated rings. The molecular formula is C20H30IN5S. The lowest BCUT2D eigenvalue weighted by Crippen LogP contribution is -2.39. The predicted molar refractivity (Wildman–Crippen MR) is 127 cm³/mol. The number of benzene rings is 1. The molecule has 0 aliphatic carbocycles. The van der Waals surface area contributed by atoms with E-state index in [1.54, 1.807) is 11.3 Å². The van der Waals surface area contributed by atoms with E-state index in [0.717, 1.165) is 37.1 Å². The molecule has 1 aliphatic heterocycles. The second-order valence-electron chi connectivity index (χ2n) is 7.06. The van der Waals surface area contributed by atoms with E-state index in [0.29, 0.717) is 11.8 Å². The Bertz CT molecular complexity index is 716. The minimum atomic E-state index is 0. The van der Waals surface area contributed by atoms with E-state index in [4.69, 9.17) is 0 Å². The highest BCUT2D eigenvalue weighted by atomic mass is 127. The van der Waals surface area contributed by atoms with Gasteiger partial charge in [0.05, 0.1) is 12.2 Å². The van der Waals surface area contributed by atoms with Crippen LogP contribution >= 0.6 is 35.3 Å². The van der Waals surface area contributed by atoms with E-state index in [2.05, 4.69) is 75.1 Å². The zero-order chi connectivity index (χ0) is 18.4. The van der Waals surface area contributed by atoms with Crippen LogP contribution in [0.3, 0.4) is 0 Å². The smallest absolute Gasteiger partial charge is 0.191 e. The maximum atomic E-state index is 4.66. The van der Waals surface area contributed by atoms with Gasteiger partial charge in [0.15, 0.2) is 5.96 Å². The van der Waals surface area contributed by atoms with E-state index < -0.39 is 0 Å². The maximum absolute atomic E-state index is 4.66. The largest absolute Gasteiger partial charge is 0.371 e. The van der Waals surface area contributed by atoms with E-state index in [1.807, 2.05) is 7.05 Å². The van der Waals surface area contributed by atoms with Crippen molar-refractivity contribution in [2.24, 2.45) is 10.9 Å². The van der Waals surface area contributed by atoms with Crippen molar-refractivity contribution in [3.05, 3.63) is 46.4 Å². The lowest BCUT2D eigenvalue weighted by molar-refractivity contribution is 0.565. The lowest BCUT2D eigenvalue weighted by atomic mass is 10.1. The van der Waals surface area contributed by atoms with E-state index in [9.17, 15) is 0 Å².